The quantitative estimate of drug-likeness (QED) is 0.861. The lowest BCUT2D eigenvalue weighted by Gasteiger charge is -2.32. The van der Waals surface area contributed by atoms with Gasteiger partial charge in [-0.3, -0.25) is 15.0 Å². The molecule has 1 saturated heterocycles. The summed E-state index contributed by atoms with van der Waals surface area (Å²) in [4.78, 5) is 28.3. The Morgan fingerprint density at radius 2 is 2.04 bits per heavy atom. The average molecular weight is 357 g/mol. The molecule has 6 heteroatoms. The van der Waals surface area contributed by atoms with E-state index >= 15 is 0 Å². The molecular formula is C19H23N3O2S. The summed E-state index contributed by atoms with van der Waals surface area (Å²) in [7, 11) is 0. The maximum absolute atomic E-state index is 12.9. The molecule has 25 heavy (non-hydrogen) atoms. The van der Waals surface area contributed by atoms with Crippen LogP contribution in [0.2, 0.25) is 0 Å². The molecule has 0 unspecified atom stereocenters. The molecule has 1 aromatic heterocycles. The van der Waals surface area contributed by atoms with Crippen LogP contribution in [0.4, 0.5) is 4.79 Å². The summed E-state index contributed by atoms with van der Waals surface area (Å²) in [6.07, 6.45) is 2.07. The first-order chi connectivity index (χ1) is 12.2. The van der Waals surface area contributed by atoms with Gasteiger partial charge in [0.15, 0.2) is 0 Å². The van der Waals surface area contributed by atoms with E-state index in [0.29, 0.717) is 6.54 Å². The highest BCUT2D eigenvalue weighted by atomic mass is 32.1. The van der Waals surface area contributed by atoms with Crippen molar-refractivity contribution in [3.63, 3.8) is 0 Å². The minimum Gasteiger partial charge on any atom is -0.338 e. The number of benzene rings is 1. The number of rotatable bonds is 5. The molecule has 2 atom stereocenters. The second kappa shape index (κ2) is 8.27. The molecule has 0 spiro atoms. The maximum atomic E-state index is 12.9. The van der Waals surface area contributed by atoms with Crippen LogP contribution in [0.5, 0.6) is 0 Å². The second-order valence-corrected chi connectivity index (χ2v) is 7.05. The van der Waals surface area contributed by atoms with E-state index < -0.39 is 12.1 Å². The molecule has 3 rings (SSSR count). The SMILES string of the molecule is CCNC(=O)NC(=O)[C@H](c1ccccc1)N1CCC[C@@H]1c1cccs1. The van der Waals surface area contributed by atoms with Crippen molar-refractivity contribution in [2.24, 2.45) is 0 Å². The number of hydrogen-bond acceptors (Lipinski definition) is 4. The Balaban J connectivity index is 1.88. The molecule has 5 nitrogen and oxygen atoms in total. The predicted octanol–water partition coefficient (Wildman–Crippen LogP) is 3.47. The Kier molecular flexibility index (Phi) is 5.83. The van der Waals surface area contributed by atoms with Crippen molar-refractivity contribution in [3.05, 3.63) is 58.3 Å². The van der Waals surface area contributed by atoms with Crippen molar-refractivity contribution in [2.45, 2.75) is 31.8 Å². The number of likely N-dealkylation sites (tertiary alicyclic amines) is 1. The van der Waals surface area contributed by atoms with Crippen molar-refractivity contribution >= 4 is 23.3 Å². The van der Waals surface area contributed by atoms with Gasteiger partial charge >= 0.3 is 6.03 Å². The lowest BCUT2D eigenvalue weighted by atomic mass is 10.0. The molecule has 2 aromatic rings. The van der Waals surface area contributed by atoms with E-state index in [2.05, 4.69) is 27.0 Å². The number of hydrogen-bond donors (Lipinski definition) is 2. The van der Waals surface area contributed by atoms with Crippen molar-refractivity contribution in [3.8, 4) is 0 Å². The number of nitrogens with zero attached hydrogens (tertiary/aromatic N) is 1. The second-order valence-electron chi connectivity index (χ2n) is 6.07. The van der Waals surface area contributed by atoms with E-state index in [1.165, 1.54) is 4.88 Å². The smallest absolute Gasteiger partial charge is 0.321 e. The number of carbonyl (C=O) groups is 2. The van der Waals surface area contributed by atoms with E-state index in [1.807, 2.05) is 43.3 Å². The summed E-state index contributed by atoms with van der Waals surface area (Å²) >= 11 is 1.72. The predicted molar refractivity (Wildman–Crippen MR) is 99.4 cm³/mol. The van der Waals surface area contributed by atoms with Crippen LogP contribution in [0.3, 0.4) is 0 Å². The number of imide groups is 1. The fourth-order valence-electron chi connectivity index (χ4n) is 3.40. The largest absolute Gasteiger partial charge is 0.338 e. The molecule has 0 saturated carbocycles. The fraction of sp³-hybridized carbons (Fsp3) is 0.368. The first-order valence-electron chi connectivity index (χ1n) is 8.63. The Bertz CT molecular complexity index is 703. The average Bonchev–Trinajstić information content (AvgIpc) is 3.27. The van der Waals surface area contributed by atoms with Crippen LogP contribution in [0, 0.1) is 0 Å². The summed E-state index contributed by atoms with van der Waals surface area (Å²) < 4.78 is 0. The van der Waals surface area contributed by atoms with Crippen LogP contribution in [0.1, 0.15) is 42.3 Å². The van der Waals surface area contributed by atoms with E-state index in [-0.39, 0.29) is 11.9 Å². The number of carbonyl (C=O) groups excluding carboxylic acids is 2. The van der Waals surface area contributed by atoms with E-state index in [4.69, 9.17) is 0 Å². The minimum atomic E-state index is -0.474. The Morgan fingerprint density at radius 1 is 1.24 bits per heavy atom. The molecule has 0 aliphatic carbocycles. The summed E-state index contributed by atoms with van der Waals surface area (Å²) in [6.45, 7) is 3.15. The highest BCUT2D eigenvalue weighted by molar-refractivity contribution is 7.10. The minimum absolute atomic E-state index is 0.213. The van der Waals surface area contributed by atoms with E-state index in [1.54, 1.807) is 11.3 Å². The van der Waals surface area contributed by atoms with Crippen LogP contribution >= 0.6 is 11.3 Å². The van der Waals surface area contributed by atoms with Gasteiger partial charge in [0.1, 0.15) is 6.04 Å². The van der Waals surface area contributed by atoms with E-state index in [0.717, 1.165) is 24.9 Å². The first kappa shape index (κ1) is 17.6. The Labute approximate surface area is 152 Å². The molecule has 0 radical (unpaired) electrons. The van der Waals surface area contributed by atoms with Gasteiger partial charge in [0.25, 0.3) is 0 Å². The van der Waals surface area contributed by atoms with Crippen molar-refractivity contribution in [2.75, 3.05) is 13.1 Å². The normalized spacial score (nSPS) is 18.7. The molecule has 132 valence electrons. The highest BCUT2D eigenvalue weighted by Gasteiger charge is 2.37. The number of thiophene rings is 1. The maximum Gasteiger partial charge on any atom is 0.321 e. The van der Waals surface area contributed by atoms with Gasteiger partial charge in [-0.15, -0.1) is 11.3 Å². The van der Waals surface area contributed by atoms with E-state index in [9.17, 15) is 9.59 Å². The molecule has 2 N–H and O–H groups in total. The van der Waals surface area contributed by atoms with Crippen LogP contribution < -0.4 is 10.6 Å². The van der Waals surface area contributed by atoms with Gasteiger partial charge in [0.05, 0.1) is 0 Å². The summed E-state index contributed by atoms with van der Waals surface area (Å²) in [5.41, 5.74) is 0.910. The van der Waals surface area contributed by atoms with Gasteiger partial charge in [0, 0.05) is 17.5 Å². The molecular weight excluding hydrogens is 334 g/mol. The number of nitrogens with one attached hydrogen (secondary N) is 2. The standard InChI is InChI=1S/C19H23N3O2S/c1-2-20-19(24)21-18(23)17(14-8-4-3-5-9-14)22-12-6-10-15(22)16-11-7-13-25-16/h3-5,7-9,11,13,15,17H,2,6,10,12H2,1H3,(H2,20,21,23,24)/t15-,17+/m1/s1. The summed E-state index contributed by atoms with van der Waals surface area (Å²) in [5.74, 6) is -0.277. The molecule has 1 fully saturated rings. The lowest BCUT2D eigenvalue weighted by molar-refractivity contribution is -0.126. The third-order valence-corrected chi connectivity index (χ3v) is 5.41. The zero-order valence-corrected chi connectivity index (χ0v) is 15.1. The Morgan fingerprint density at radius 3 is 2.72 bits per heavy atom. The van der Waals surface area contributed by atoms with Gasteiger partial charge in [0.2, 0.25) is 5.91 Å². The van der Waals surface area contributed by atoms with Crippen LogP contribution in [0.25, 0.3) is 0 Å². The fourth-order valence-corrected chi connectivity index (χ4v) is 4.28. The van der Waals surface area contributed by atoms with Crippen LogP contribution in [-0.2, 0) is 4.79 Å². The van der Waals surface area contributed by atoms with Crippen molar-refractivity contribution < 1.29 is 9.59 Å². The lowest BCUT2D eigenvalue weighted by Crippen LogP contribution is -2.46. The van der Waals surface area contributed by atoms with Crippen molar-refractivity contribution in [1.82, 2.24) is 15.5 Å². The number of urea groups is 1. The molecule has 3 amide bonds. The number of amides is 3. The van der Waals surface area contributed by atoms with Gasteiger partial charge in [-0.1, -0.05) is 36.4 Å². The summed E-state index contributed by atoms with van der Waals surface area (Å²) in [5, 5.41) is 7.19. The van der Waals surface area contributed by atoms with Gasteiger partial charge in [-0.05, 0) is 43.3 Å². The molecule has 1 aliphatic rings. The third-order valence-electron chi connectivity index (χ3n) is 4.44. The monoisotopic (exact) mass is 357 g/mol. The van der Waals surface area contributed by atoms with Gasteiger partial charge < -0.3 is 5.32 Å². The van der Waals surface area contributed by atoms with Gasteiger partial charge in [-0.2, -0.15) is 0 Å². The van der Waals surface area contributed by atoms with Crippen molar-refractivity contribution in [1.29, 1.82) is 0 Å². The summed E-state index contributed by atoms with van der Waals surface area (Å²) in [6, 6.07) is 13.2. The molecule has 1 aromatic carbocycles. The molecule has 2 heterocycles. The van der Waals surface area contributed by atoms with Gasteiger partial charge in [-0.25, -0.2) is 4.79 Å². The Hall–Kier alpha value is -2.18. The first-order valence-corrected chi connectivity index (χ1v) is 9.51. The topological polar surface area (TPSA) is 61.4 Å². The van der Waals surface area contributed by atoms with Crippen LogP contribution in [-0.4, -0.2) is 29.9 Å². The molecule has 0 bridgehead atoms. The molecule has 1 aliphatic heterocycles. The zero-order chi connectivity index (χ0) is 17.6. The third kappa shape index (κ3) is 4.08. The van der Waals surface area contributed by atoms with Crippen LogP contribution in [0.15, 0.2) is 47.8 Å². The highest BCUT2D eigenvalue weighted by Crippen LogP contribution is 2.40. The zero-order valence-electron chi connectivity index (χ0n) is 14.3.